The Morgan fingerprint density at radius 2 is 1.20 bits per heavy atom. The summed E-state index contributed by atoms with van der Waals surface area (Å²) in [5.41, 5.74) is 1.60. The maximum Gasteiger partial charge on any atom is 0.347 e. The van der Waals surface area contributed by atoms with E-state index < -0.39 is 11.9 Å². The van der Waals surface area contributed by atoms with E-state index in [0.29, 0.717) is 5.69 Å². The van der Waals surface area contributed by atoms with E-state index in [9.17, 15) is 14.7 Å². The second-order valence-corrected chi connectivity index (χ2v) is 6.34. The molecule has 0 aliphatic heterocycles. The monoisotopic (exact) mass is 403 g/mol. The molecule has 2 N–H and O–H groups in total. The molecule has 0 fully saturated rings. The van der Waals surface area contributed by atoms with Crippen LogP contribution >= 0.6 is 0 Å². The summed E-state index contributed by atoms with van der Waals surface area (Å²) >= 11 is 0. The molecule has 0 aromatic heterocycles. The zero-order valence-electron chi connectivity index (χ0n) is 16.2. The first-order valence-electron chi connectivity index (χ1n) is 9.30. The molecule has 0 saturated carbocycles. The van der Waals surface area contributed by atoms with Gasteiger partial charge in [0.2, 0.25) is 0 Å². The predicted molar refractivity (Wildman–Crippen MR) is 112 cm³/mol. The zero-order valence-corrected chi connectivity index (χ0v) is 16.2. The number of hydrogen-bond donors (Lipinski definition) is 2. The van der Waals surface area contributed by atoms with Gasteiger partial charge in [0, 0.05) is 6.20 Å². The van der Waals surface area contributed by atoms with E-state index in [4.69, 9.17) is 9.47 Å². The van der Waals surface area contributed by atoms with Gasteiger partial charge in [-0.3, -0.25) is 0 Å². The molecule has 0 saturated heterocycles. The second-order valence-electron chi connectivity index (χ2n) is 6.34. The average Bonchev–Trinajstić information content (AvgIpc) is 2.79. The molecule has 3 rings (SSSR count). The summed E-state index contributed by atoms with van der Waals surface area (Å²) in [5, 5.41) is 12.6. The molecule has 0 amide bonds. The highest BCUT2D eigenvalue weighted by molar-refractivity contribution is 6.14. The van der Waals surface area contributed by atoms with Crippen LogP contribution in [0.25, 0.3) is 0 Å². The summed E-state index contributed by atoms with van der Waals surface area (Å²) in [5.74, 6) is -1.69. The van der Waals surface area contributed by atoms with Crippen LogP contribution in [0.1, 0.15) is 11.1 Å². The quantitative estimate of drug-likeness (QED) is 0.193. The summed E-state index contributed by atoms with van der Waals surface area (Å²) in [6, 6.07) is 24.7. The van der Waals surface area contributed by atoms with E-state index in [1.165, 1.54) is 12.3 Å². The van der Waals surface area contributed by atoms with E-state index in [1.54, 1.807) is 18.2 Å². The van der Waals surface area contributed by atoms with Gasteiger partial charge in [-0.15, -0.1) is 0 Å². The molecule has 0 heterocycles. The number of anilines is 1. The second kappa shape index (κ2) is 10.5. The number of rotatable bonds is 8. The molecule has 0 atom stereocenters. The highest BCUT2D eigenvalue weighted by Gasteiger charge is 2.22. The highest BCUT2D eigenvalue weighted by Crippen LogP contribution is 2.22. The van der Waals surface area contributed by atoms with Crippen molar-refractivity contribution in [3.63, 3.8) is 0 Å². The number of esters is 2. The van der Waals surface area contributed by atoms with Gasteiger partial charge in [-0.2, -0.15) is 0 Å². The summed E-state index contributed by atoms with van der Waals surface area (Å²) in [4.78, 5) is 25.2. The van der Waals surface area contributed by atoms with Gasteiger partial charge in [-0.25, -0.2) is 9.59 Å². The molecule has 6 heteroatoms. The highest BCUT2D eigenvalue weighted by atomic mass is 16.6. The van der Waals surface area contributed by atoms with Gasteiger partial charge in [-0.1, -0.05) is 72.8 Å². The number of phenols is 1. The lowest BCUT2D eigenvalue weighted by Gasteiger charge is -2.10. The Labute approximate surface area is 174 Å². The van der Waals surface area contributed by atoms with Crippen LogP contribution in [0.4, 0.5) is 5.69 Å². The Bertz CT molecular complexity index is 959. The lowest BCUT2D eigenvalue weighted by atomic mass is 10.2. The number of para-hydroxylation sites is 2. The molecule has 0 radical (unpaired) electrons. The maximum absolute atomic E-state index is 12.6. The minimum atomic E-state index is -0.833. The number of hydrogen-bond acceptors (Lipinski definition) is 6. The molecule has 0 unspecified atom stereocenters. The summed E-state index contributed by atoms with van der Waals surface area (Å²) < 4.78 is 10.5. The Hall–Kier alpha value is -4.06. The molecule has 3 aromatic rings. The minimum absolute atomic E-state index is 0.0135. The van der Waals surface area contributed by atoms with E-state index in [1.807, 2.05) is 60.7 Å². The van der Waals surface area contributed by atoms with Crippen LogP contribution in [0, 0.1) is 0 Å². The van der Waals surface area contributed by atoms with Crippen molar-refractivity contribution in [3.8, 4) is 5.75 Å². The van der Waals surface area contributed by atoms with E-state index in [0.717, 1.165) is 11.1 Å². The first kappa shape index (κ1) is 20.7. The standard InChI is InChI=1S/C24H21NO5/c26-22-14-8-7-13-21(22)25-15-20(23(27)29-16-18-9-3-1-4-10-18)24(28)30-17-19-11-5-2-6-12-19/h1-15,25-26H,16-17H2. The van der Waals surface area contributed by atoms with Gasteiger partial charge in [0.15, 0.2) is 5.57 Å². The van der Waals surface area contributed by atoms with Gasteiger partial charge in [0.05, 0.1) is 5.69 Å². The van der Waals surface area contributed by atoms with Gasteiger partial charge >= 0.3 is 11.9 Å². The smallest absolute Gasteiger partial charge is 0.347 e. The first-order valence-corrected chi connectivity index (χ1v) is 9.30. The van der Waals surface area contributed by atoms with E-state index in [2.05, 4.69) is 5.32 Å². The molecule has 30 heavy (non-hydrogen) atoms. The fraction of sp³-hybridized carbons (Fsp3) is 0.0833. The van der Waals surface area contributed by atoms with Crippen LogP contribution in [0.15, 0.2) is 96.7 Å². The van der Waals surface area contributed by atoms with Crippen molar-refractivity contribution in [2.75, 3.05) is 5.32 Å². The van der Waals surface area contributed by atoms with Gasteiger partial charge < -0.3 is 19.9 Å². The fourth-order valence-corrected chi connectivity index (χ4v) is 2.55. The topological polar surface area (TPSA) is 84.9 Å². The van der Waals surface area contributed by atoms with Crippen molar-refractivity contribution in [2.24, 2.45) is 0 Å². The lowest BCUT2D eigenvalue weighted by Crippen LogP contribution is -2.19. The molecular weight excluding hydrogens is 382 g/mol. The number of nitrogens with one attached hydrogen (secondary N) is 1. The van der Waals surface area contributed by atoms with Crippen LogP contribution in [-0.2, 0) is 32.3 Å². The Morgan fingerprint density at radius 3 is 1.70 bits per heavy atom. The molecule has 152 valence electrons. The Kier molecular flexibility index (Phi) is 7.22. The maximum atomic E-state index is 12.6. The van der Waals surface area contributed by atoms with Crippen LogP contribution in [0.3, 0.4) is 0 Å². The molecule has 0 aliphatic rings. The van der Waals surface area contributed by atoms with Gasteiger partial charge in [-0.05, 0) is 23.3 Å². The number of carbonyl (C=O) groups excluding carboxylic acids is 2. The molecular formula is C24H21NO5. The minimum Gasteiger partial charge on any atom is -0.506 e. The van der Waals surface area contributed by atoms with Crippen molar-refractivity contribution in [2.45, 2.75) is 13.2 Å². The largest absolute Gasteiger partial charge is 0.506 e. The van der Waals surface area contributed by atoms with Crippen LogP contribution in [0.2, 0.25) is 0 Å². The third-order valence-corrected chi connectivity index (χ3v) is 4.14. The number of benzene rings is 3. The number of phenolic OH excluding ortho intramolecular Hbond substituents is 1. The number of aromatic hydroxyl groups is 1. The van der Waals surface area contributed by atoms with Crippen LogP contribution in [-0.4, -0.2) is 17.0 Å². The van der Waals surface area contributed by atoms with Crippen molar-refractivity contribution >= 4 is 17.6 Å². The molecule has 6 nitrogen and oxygen atoms in total. The lowest BCUT2D eigenvalue weighted by molar-refractivity contribution is -0.148. The average molecular weight is 403 g/mol. The fourth-order valence-electron chi connectivity index (χ4n) is 2.55. The van der Waals surface area contributed by atoms with Gasteiger partial charge in [0.1, 0.15) is 19.0 Å². The number of carbonyl (C=O) groups is 2. The normalized spacial score (nSPS) is 10.0. The number of ether oxygens (including phenoxy) is 2. The van der Waals surface area contributed by atoms with Crippen molar-refractivity contribution in [3.05, 3.63) is 108 Å². The summed E-state index contributed by atoms with van der Waals surface area (Å²) in [6.07, 6.45) is 1.18. The van der Waals surface area contributed by atoms with Crippen LogP contribution in [0.5, 0.6) is 5.75 Å². The Morgan fingerprint density at radius 1 is 0.733 bits per heavy atom. The Balaban J connectivity index is 1.72. The third-order valence-electron chi connectivity index (χ3n) is 4.14. The van der Waals surface area contributed by atoms with E-state index in [-0.39, 0.29) is 24.5 Å². The SMILES string of the molecule is O=C(OCc1ccccc1)C(=CNc1ccccc1O)C(=O)OCc1ccccc1. The van der Waals surface area contributed by atoms with Crippen molar-refractivity contribution in [1.29, 1.82) is 0 Å². The zero-order chi connectivity index (χ0) is 21.2. The summed E-state index contributed by atoms with van der Waals surface area (Å²) in [7, 11) is 0. The third kappa shape index (κ3) is 5.97. The molecule has 0 bridgehead atoms. The van der Waals surface area contributed by atoms with Crippen LogP contribution < -0.4 is 5.32 Å². The predicted octanol–water partition coefficient (Wildman–Crippen LogP) is 4.17. The van der Waals surface area contributed by atoms with Crippen molar-refractivity contribution < 1.29 is 24.2 Å². The van der Waals surface area contributed by atoms with Gasteiger partial charge in [0.25, 0.3) is 0 Å². The van der Waals surface area contributed by atoms with Crippen molar-refractivity contribution in [1.82, 2.24) is 0 Å². The molecule has 0 aliphatic carbocycles. The molecule has 3 aromatic carbocycles. The molecule has 0 spiro atoms. The summed E-state index contributed by atoms with van der Waals surface area (Å²) in [6.45, 7) is 0.0269. The first-order chi connectivity index (χ1) is 14.6. The van der Waals surface area contributed by atoms with E-state index >= 15 is 0 Å².